The Labute approximate surface area is 452 Å². The highest BCUT2D eigenvalue weighted by Crippen LogP contribution is 2.28. The second kappa shape index (κ2) is 28.0. The molecule has 0 amide bonds. The van der Waals surface area contributed by atoms with Gasteiger partial charge in [0, 0.05) is 0 Å². The van der Waals surface area contributed by atoms with Crippen molar-refractivity contribution in [2.45, 2.75) is 105 Å². The molecule has 0 bridgehead atoms. The lowest BCUT2D eigenvalue weighted by atomic mass is 9.98. The standard InChI is InChI=1S/2C16H14.2C12H12.2C8H10.3CH4/c1-11-3-5-13-9-14-6-4-12(2)8-16(14)10-15(13)7-11;1-11-5-3-7-13-10-16-12(2)6-4-8-14(16)9-15(11)13;1-9-3-5-11-6-4-10(2)8-12(11)7-9;1-9-5-3-8-12-10(2)6-4-7-11(9)12;1-7-4-3-5-8(2)6-7;1-7-5-3-4-6-8(7)2;;;/h2*3-10H,1-2H3;2*3-8H,1-2H3;2*3-6H,1-2H3;3*1H4. The van der Waals surface area contributed by atoms with Crippen LogP contribution < -0.4 is 0 Å². The maximum absolute atomic E-state index is 2.30. The average Bonchev–Trinajstić information content (AvgIpc) is 3.35. The van der Waals surface area contributed by atoms with Crippen LogP contribution in [0.2, 0.25) is 0 Å². The molecule has 0 radical (unpaired) electrons. The predicted molar refractivity (Wildman–Crippen MR) is 341 cm³/mol. The van der Waals surface area contributed by atoms with Crippen LogP contribution in [0.15, 0.2) is 218 Å². The van der Waals surface area contributed by atoms with Crippen LogP contribution in [0.25, 0.3) is 64.6 Å². The van der Waals surface area contributed by atoms with Crippen molar-refractivity contribution in [2.24, 2.45) is 0 Å². The Bertz CT molecular complexity index is 3540. The van der Waals surface area contributed by atoms with Crippen molar-refractivity contribution < 1.29 is 0 Å². The number of hydrogen-bond donors (Lipinski definition) is 0. The third kappa shape index (κ3) is 16.3. The first-order valence-electron chi connectivity index (χ1n) is 25.4. The van der Waals surface area contributed by atoms with Gasteiger partial charge in [-0.15, -0.1) is 0 Å². The molecule has 0 nitrogen and oxygen atoms in total. The highest BCUT2D eigenvalue weighted by atomic mass is 14.1. The smallest absolute Gasteiger partial charge is 0.0148 e. The lowest BCUT2D eigenvalue weighted by Gasteiger charge is -2.06. The average molecular weight is 985 g/mol. The summed E-state index contributed by atoms with van der Waals surface area (Å²) >= 11 is 0. The van der Waals surface area contributed by atoms with Crippen LogP contribution in [0, 0.1) is 83.1 Å². The molecular formula is C75H84. The van der Waals surface area contributed by atoms with E-state index in [2.05, 4.69) is 301 Å². The summed E-state index contributed by atoms with van der Waals surface area (Å²) in [5.41, 5.74) is 16.1. The summed E-state index contributed by atoms with van der Waals surface area (Å²) in [6.07, 6.45) is 0. The van der Waals surface area contributed by atoms with Gasteiger partial charge in [0.1, 0.15) is 0 Å². The van der Waals surface area contributed by atoms with E-state index in [0.717, 1.165) is 0 Å². The summed E-state index contributed by atoms with van der Waals surface area (Å²) in [5, 5.41) is 16.1. The molecule has 75 heavy (non-hydrogen) atoms. The largest absolute Gasteiger partial charge is 0.0776 e. The third-order valence-electron chi connectivity index (χ3n) is 13.5. The number of hydrogen-bond acceptors (Lipinski definition) is 0. The molecule has 12 aromatic rings. The van der Waals surface area contributed by atoms with Crippen molar-refractivity contribution in [1.29, 1.82) is 0 Å². The zero-order chi connectivity index (χ0) is 51.3. The first-order valence-corrected chi connectivity index (χ1v) is 25.4. The normalized spacial score (nSPS) is 10.1. The minimum absolute atomic E-state index is 0. The molecule has 0 fully saturated rings. The quantitative estimate of drug-likeness (QED) is 0.133. The van der Waals surface area contributed by atoms with Gasteiger partial charge in [0.15, 0.2) is 0 Å². The molecule has 0 aliphatic rings. The molecule has 0 saturated carbocycles. The van der Waals surface area contributed by atoms with Crippen LogP contribution in [-0.4, -0.2) is 0 Å². The van der Waals surface area contributed by atoms with Gasteiger partial charge in [-0.25, -0.2) is 0 Å². The Hall–Kier alpha value is -7.80. The number of aryl methyl sites for hydroxylation is 12. The van der Waals surface area contributed by atoms with Gasteiger partial charge in [-0.1, -0.05) is 250 Å². The molecular weight excluding hydrogens is 901 g/mol. The maximum atomic E-state index is 2.30. The summed E-state index contributed by atoms with van der Waals surface area (Å²) in [5.74, 6) is 0. The van der Waals surface area contributed by atoms with E-state index in [9.17, 15) is 0 Å². The van der Waals surface area contributed by atoms with Gasteiger partial charge in [0.05, 0.1) is 0 Å². The van der Waals surface area contributed by atoms with E-state index in [1.165, 1.54) is 131 Å². The van der Waals surface area contributed by atoms with E-state index in [-0.39, 0.29) is 22.3 Å². The van der Waals surface area contributed by atoms with Crippen molar-refractivity contribution in [1.82, 2.24) is 0 Å². The highest BCUT2D eigenvalue weighted by Gasteiger charge is 2.03. The van der Waals surface area contributed by atoms with E-state index < -0.39 is 0 Å². The summed E-state index contributed by atoms with van der Waals surface area (Å²) < 4.78 is 0. The van der Waals surface area contributed by atoms with Gasteiger partial charge in [-0.05, 0) is 205 Å². The molecule has 384 valence electrons. The highest BCUT2D eigenvalue weighted by molar-refractivity contribution is 6.01. The van der Waals surface area contributed by atoms with Crippen LogP contribution in [0.3, 0.4) is 0 Å². The van der Waals surface area contributed by atoms with Crippen molar-refractivity contribution >= 4 is 64.6 Å². The van der Waals surface area contributed by atoms with Crippen LogP contribution in [0.5, 0.6) is 0 Å². The van der Waals surface area contributed by atoms with Crippen molar-refractivity contribution in [3.63, 3.8) is 0 Å². The molecule has 0 N–H and O–H groups in total. The lowest BCUT2D eigenvalue weighted by Crippen LogP contribution is -1.82. The van der Waals surface area contributed by atoms with Crippen molar-refractivity contribution in [3.05, 3.63) is 285 Å². The fourth-order valence-electron chi connectivity index (χ4n) is 9.18. The van der Waals surface area contributed by atoms with Gasteiger partial charge in [-0.2, -0.15) is 0 Å². The second-order valence-electron chi connectivity index (χ2n) is 19.8. The molecule has 0 heteroatoms. The summed E-state index contributed by atoms with van der Waals surface area (Å²) in [6.45, 7) is 25.6. The topological polar surface area (TPSA) is 0 Å². The van der Waals surface area contributed by atoms with Gasteiger partial charge in [-0.3, -0.25) is 0 Å². The van der Waals surface area contributed by atoms with Gasteiger partial charge in [0.25, 0.3) is 0 Å². The Morgan fingerprint density at radius 1 is 0.160 bits per heavy atom. The SMILES string of the molecule is C.C.C.Cc1ccc2cc3ccc(C)cc3cc2c1.Cc1ccc2ccc(C)cc2c1.Cc1cccc(C)c1.Cc1cccc2c(C)cccc12.Cc1cccc2cc3c(C)cccc3cc12.Cc1ccccc1C. The molecule has 0 aromatic heterocycles. The zero-order valence-corrected chi connectivity index (χ0v) is 44.8. The first kappa shape index (κ1) is 59.8. The van der Waals surface area contributed by atoms with E-state index in [1.807, 2.05) is 0 Å². The predicted octanol–water partition coefficient (Wildman–Crippen LogP) is 22.6. The number of benzene rings is 12. The van der Waals surface area contributed by atoms with Crippen LogP contribution in [0.1, 0.15) is 89.0 Å². The third-order valence-corrected chi connectivity index (χ3v) is 13.5. The summed E-state index contributed by atoms with van der Waals surface area (Å²) in [4.78, 5) is 0. The Kier molecular flexibility index (Phi) is 22.3. The molecule has 0 unspecified atom stereocenters. The minimum atomic E-state index is 0. The van der Waals surface area contributed by atoms with Crippen LogP contribution in [-0.2, 0) is 0 Å². The van der Waals surface area contributed by atoms with E-state index in [4.69, 9.17) is 0 Å². The molecule has 12 rings (SSSR count). The Morgan fingerprint density at radius 3 is 0.787 bits per heavy atom. The summed E-state index contributed by atoms with van der Waals surface area (Å²) in [6, 6.07) is 78.1. The number of fused-ring (bicyclic) bond motifs is 6. The van der Waals surface area contributed by atoms with E-state index in [0.29, 0.717) is 0 Å². The molecule has 0 aliphatic carbocycles. The zero-order valence-electron chi connectivity index (χ0n) is 44.8. The van der Waals surface area contributed by atoms with E-state index in [1.54, 1.807) is 0 Å². The lowest BCUT2D eigenvalue weighted by molar-refractivity contribution is 1.34. The first-order chi connectivity index (χ1) is 34.6. The molecule has 12 aromatic carbocycles. The number of rotatable bonds is 0. The van der Waals surface area contributed by atoms with E-state index >= 15 is 0 Å². The van der Waals surface area contributed by atoms with Gasteiger partial charge < -0.3 is 0 Å². The molecule has 0 spiro atoms. The van der Waals surface area contributed by atoms with Gasteiger partial charge >= 0.3 is 0 Å². The fourth-order valence-corrected chi connectivity index (χ4v) is 9.18. The fraction of sp³-hybridized carbons (Fsp3) is 0.200. The minimum Gasteiger partial charge on any atom is -0.0776 e. The molecule has 0 atom stereocenters. The second-order valence-corrected chi connectivity index (χ2v) is 19.8. The van der Waals surface area contributed by atoms with Crippen molar-refractivity contribution in [3.8, 4) is 0 Å². The summed E-state index contributed by atoms with van der Waals surface area (Å²) in [7, 11) is 0. The van der Waals surface area contributed by atoms with Crippen LogP contribution >= 0.6 is 0 Å². The Balaban J connectivity index is 0.000000197. The maximum Gasteiger partial charge on any atom is -0.0148 e. The monoisotopic (exact) mass is 985 g/mol. The molecule has 0 saturated heterocycles. The molecule has 0 aliphatic heterocycles. The molecule has 0 heterocycles. The van der Waals surface area contributed by atoms with Crippen LogP contribution in [0.4, 0.5) is 0 Å². The van der Waals surface area contributed by atoms with Gasteiger partial charge in [0.2, 0.25) is 0 Å². The Morgan fingerprint density at radius 2 is 0.440 bits per heavy atom. The van der Waals surface area contributed by atoms with Crippen molar-refractivity contribution in [2.75, 3.05) is 0 Å².